The van der Waals surface area contributed by atoms with Crippen molar-refractivity contribution in [1.29, 1.82) is 0 Å². The molecule has 1 aromatic carbocycles. The molecule has 0 radical (unpaired) electrons. The van der Waals surface area contributed by atoms with Crippen molar-refractivity contribution in [1.82, 2.24) is 9.80 Å². The first kappa shape index (κ1) is 25.7. The lowest BCUT2D eigenvalue weighted by atomic mass is 9.84. The Morgan fingerprint density at radius 1 is 1.15 bits per heavy atom. The van der Waals surface area contributed by atoms with Crippen molar-refractivity contribution in [2.45, 2.75) is 62.7 Å². The number of sulfone groups is 1. The lowest BCUT2D eigenvalue weighted by Gasteiger charge is -2.43. The first-order valence-corrected chi connectivity index (χ1v) is 13.2. The molecule has 7 nitrogen and oxygen atoms in total. The van der Waals surface area contributed by atoms with Crippen LogP contribution >= 0.6 is 0 Å². The van der Waals surface area contributed by atoms with Gasteiger partial charge in [0, 0.05) is 38.5 Å². The smallest absolute Gasteiger partial charge is 0.410 e. The number of alkyl halides is 1. The van der Waals surface area contributed by atoms with Crippen LogP contribution in [0.5, 0.6) is 5.75 Å². The molecule has 0 unspecified atom stereocenters. The highest BCUT2D eigenvalue weighted by atomic mass is 32.2. The molecule has 3 rings (SSSR count). The van der Waals surface area contributed by atoms with E-state index in [1.54, 1.807) is 4.90 Å². The van der Waals surface area contributed by atoms with Gasteiger partial charge in [-0.25, -0.2) is 22.0 Å². The van der Waals surface area contributed by atoms with E-state index in [1.165, 1.54) is 12.1 Å². The van der Waals surface area contributed by atoms with Crippen LogP contribution in [-0.2, 0) is 14.6 Å². The van der Waals surface area contributed by atoms with E-state index in [0.29, 0.717) is 39.0 Å². The van der Waals surface area contributed by atoms with Crippen LogP contribution in [0.25, 0.3) is 0 Å². The summed E-state index contributed by atoms with van der Waals surface area (Å²) in [5.41, 5.74) is -0.544. The van der Waals surface area contributed by atoms with Gasteiger partial charge in [-0.05, 0) is 64.2 Å². The third kappa shape index (κ3) is 7.02. The average molecular weight is 489 g/mol. The Labute approximate surface area is 194 Å². The highest BCUT2D eigenvalue weighted by Crippen LogP contribution is 2.32. The molecule has 1 saturated carbocycles. The molecule has 0 bridgehead atoms. The van der Waals surface area contributed by atoms with Gasteiger partial charge in [-0.2, -0.15) is 0 Å². The maximum Gasteiger partial charge on any atom is 0.410 e. The summed E-state index contributed by atoms with van der Waals surface area (Å²) in [6.45, 7) is 7.88. The molecule has 1 saturated heterocycles. The number of rotatable bonds is 5. The van der Waals surface area contributed by atoms with E-state index < -0.39 is 27.4 Å². The molecule has 33 heavy (non-hydrogen) atoms. The Balaban J connectivity index is 1.46. The van der Waals surface area contributed by atoms with E-state index in [-0.39, 0.29) is 35.3 Å². The number of hydrogen-bond acceptors (Lipinski definition) is 6. The molecule has 0 aromatic heterocycles. The van der Waals surface area contributed by atoms with E-state index >= 15 is 4.39 Å². The van der Waals surface area contributed by atoms with E-state index in [9.17, 15) is 17.6 Å². The van der Waals surface area contributed by atoms with Gasteiger partial charge in [-0.15, -0.1) is 0 Å². The van der Waals surface area contributed by atoms with E-state index in [2.05, 4.69) is 4.90 Å². The van der Waals surface area contributed by atoms with Crippen molar-refractivity contribution in [2.24, 2.45) is 5.92 Å². The van der Waals surface area contributed by atoms with Crippen molar-refractivity contribution in [3.05, 3.63) is 24.0 Å². The monoisotopic (exact) mass is 488 g/mol. The summed E-state index contributed by atoms with van der Waals surface area (Å²) in [6.07, 6.45) is 1.38. The van der Waals surface area contributed by atoms with E-state index in [0.717, 1.165) is 18.7 Å². The van der Waals surface area contributed by atoms with Gasteiger partial charge in [-0.1, -0.05) is 0 Å². The minimum atomic E-state index is -3.50. The van der Waals surface area contributed by atoms with Crippen LogP contribution < -0.4 is 4.74 Å². The molecule has 0 spiro atoms. The van der Waals surface area contributed by atoms with Crippen LogP contribution in [0, 0.1) is 11.7 Å². The van der Waals surface area contributed by atoms with Crippen LogP contribution in [0.3, 0.4) is 0 Å². The zero-order valence-corrected chi connectivity index (χ0v) is 20.5. The maximum atomic E-state index is 15.0. The summed E-state index contributed by atoms with van der Waals surface area (Å²) in [5, 5.41) is 0. The highest BCUT2D eigenvalue weighted by Gasteiger charge is 2.37. The summed E-state index contributed by atoms with van der Waals surface area (Å²) in [6, 6.07) is 3.34. The van der Waals surface area contributed by atoms with Gasteiger partial charge < -0.3 is 14.4 Å². The molecule has 186 valence electrons. The fraction of sp³-hybridized carbons (Fsp3) is 0.696. The van der Waals surface area contributed by atoms with Gasteiger partial charge in [0.25, 0.3) is 0 Å². The van der Waals surface area contributed by atoms with Crippen molar-refractivity contribution in [3.63, 3.8) is 0 Å². The molecule has 10 heteroatoms. The van der Waals surface area contributed by atoms with Crippen molar-refractivity contribution >= 4 is 15.9 Å². The minimum Gasteiger partial charge on any atom is -0.490 e. The summed E-state index contributed by atoms with van der Waals surface area (Å²) < 4.78 is 63.2. The average Bonchev–Trinajstić information content (AvgIpc) is 2.71. The number of halogens is 2. The Hall–Kier alpha value is -1.94. The van der Waals surface area contributed by atoms with Gasteiger partial charge >= 0.3 is 6.09 Å². The molecule has 1 amide bonds. The van der Waals surface area contributed by atoms with Gasteiger partial charge in [0.15, 0.2) is 21.4 Å². The van der Waals surface area contributed by atoms with Crippen LogP contribution in [0.4, 0.5) is 13.6 Å². The van der Waals surface area contributed by atoms with Gasteiger partial charge in [0.05, 0.1) is 11.5 Å². The number of piperazine rings is 1. The van der Waals surface area contributed by atoms with Gasteiger partial charge in [0.2, 0.25) is 0 Å². The Bertz CT molecular complexity index is 943. The molecule has 1 heterocycles. The van der Waals surface area contributed by atoms with Crippen LogP contribution in [-0.4, -0.2) is 81.2 Å². The number of benzene rings is 1. The molecule has 0 N–H and O–H groups in total. The number of ether oxygens (including phenoxy) is 2. The second-order valence-electron chi connectivity index (χ2n) is 9.94. The van der Waals surface area contributed by atoms with Crippen LogP contribution in [0.2, 0.25) is 0 Å². The Morgan fingerprint density at radius 3 is 2.36 bits per heavy atom. The number of hydrogen-bond donors (Lipinski definition) is 0. The van der Waals surface area contributed by atoms with Gasteiger partial charge in [-0.3, -0.25) is 4.90 Å². The zero-order chi connectivity index (χ0) is 24.4. The molecule has 2 aliphatic rings. The first-order chi connectivity index (χ1) is 15.3. The largest absolute Gasteiger partial charge is 0.490 e. The molecular weight excluding hydrogens is 454 g/mol. The third-order valence-corrected chi connectivity index (χ3v) is 7.20. The highest BCUT2D eigenvalue weighted by molar-refractivity contribution is 7.90. The van der Waals surface area contributed by atoms with Crippen molar-refractivity contribution in [2.75, 3.05) is 39.0 Å². The fourth-order valence-corrected chi connectivity index (χ4v) is 4.98. The summed E-state index contributed by atoms with van der Waals surface area (Å²) in [5.74, 6) is -0.822. The summed E-state index contributed by atoms with van der Waals surface area (Å²) in [4.78, 5) is 15.9. The number of carbonyl (C=O) groups excluding carboxylic acids is 1. The predicted octanol–water partition coefficient (Wildman–Crippen LogP) is 3.67. The Kier molecular flexibility index (Phi) is 7.88. The third-order valence-electron chi connectivity index (χ3n) is 6.09. The number of amides is 1. The lowest BCUT2D eigenvalue weighted by Crippen LogP contribution is -2.56. The SMILES string of the molecule is CC(C)(C)OC(=O)N1CCN([C@@H]2CC[C@@H](COc3ccc(S(C)(=O)=O)cc3F)C[C@H]2F)CC1. The second kappa shape index (κ2) is 10.1. The van der Waals surface area contributed by atoms with E-state index in [1.807, 2.05) is 20.8 Å². The Morgan fingerprint density at radius 2 is 1.82 bits per heavy atom. The predicted molar refractivity (Wildman–Crippen MR) is 120 cm³/mol. The normalized spacial score (nSPS) is 25.0. The quantitative estimate of drug-likeness (QED) is 0.630. The van der Waals surface area contributed by atoms with Crippen LogP contribution in [0.15, 0.2) is 23.1 Å². The maximum absolute atomic E-state index is 15.0. The minimum absolute atomic E-state index is 0.0294. The van der Waals surface area contributed by atoms with Crippen molar-refractivity contribution < 1.29 is 31.5 Å². The standard InChI is InChI=1S/C23H34F2N2O5S/c1-23(2,3)32-22(28)27-11-9-26(10-12-27)20-7-5-16(13-18(20)24)15-31-21-8-6-17(14-19(21)25)33(4,29)30/h6,8,14,16,18,20H,5,7,9-13,15H2,1-4H3/t16-,18-,20-/m1/s1. The van der Waals surface area contributed by atoms with E-state index in [4.69, 9.17) is 9.47 Å². The molecule has 1 aliphatic heterocycles. The van der Waals surface area contributed by atoms with Crippen molar-refractivity contribution in [3.8, 4) is 5.75 Å². The topological polar surface area (TPSA) is 76.2 Å². The fourth-order valence-electron chi connectivity index (χ4n) is 4.34. The van der Waals surface area contributed by atoms with Crippen LogP contribution in [0.1, 0.15) is 40.0 Å². The first-order valence-electron chi connectivity index (χ1n) is 11.3. The molecule has 1 aliphatic carbocycles. The number of carbonyl (C=O) groups is 1. The molecule has 1 aromatic rings. The zero-order valence-electron chi connectivity index (χ0n) is 19.7. The molecule has 2 fully saturated rings. The number of nitrogens with zero attached hydrogens (tertiary/aromatic N) is 2. The molecule has 3 atom stereocenters. The molecular formula is C23H34F2N2O5S. The van der Waals surface area contributed by atoms with Gasteiger partial charge in [0.1, 0.15) is 11.8 Å². The summed E-state index contributed by atoms with van der Waals surface area (Å²) in [7, 11) is -3.50. The summed E-state index contributed by atoms with van der Waals surface area (Å²) >= 11 is 0. The lowest BCUT2D eigenvalue weighted by molar-refractivity contribution is -0.00677. The second-order valence-corrected chi connectivity index (χ2v) is 12.0.